The fourth-order valence-electron chi connectivity index (χ4n) is 3.08. The molecule has 0 radical (unpaired) electrons. The van der Waals surface area contributed by atoms with Gasteiger partial charge in [0.15, 0.2) is 5.76 Å². The topological polar surface area (TPSA) is 55.1 Å². The number of nitrogens with one attached hydrogen (secondary N) is 1. The molecule has 1 N–H and O–H groups in total. The third-order valence-electron chi connectivity index (χ3n) is 4.45. The molecule has 1 amide bonds. The minimum Gasteiger partial charge on any atom is -0.356 e. The summed E-state index contributed by atoms with van der Waals surface area (Å²) in [7, 11) is 0. The standard InChI is InChI=1S/C22H16F2N2O2/c23-16-8-9-19(20(24)11-16)21-12-17(26-28-21)13-25-22(27)10-15-6-3-5-14-4-1-2-7-18(14)15/h1-9,11-12H,10,13H2,(H,25,27). The van der Waals surface area contributed by atoms with Gasteiger partial charge in [-0.2, -0.15) is 0 Å². The van der Waals surface area contributed by atoms with E-state index >= 15 is 0 Å². The SMILES string of the molecule is O=C(Cc1cccc2ccccc12)NCc1cc(-c2ccc(F)cc2F)on1. The molecular formula is C22H16F2N2O2. The lowest BCUT2D eigenvalue weighted by Gasteiger charge is -2.07. The number of halogens is 2. The highest BCUT2D eigenvalue weighted by Crippen LogP contribution is 2.24. The summed E-state index contributed by atoms with van der Waals surface area (Å²) < 4.78 is 32.0. The smallest absolute Gasteiger partial charge is 0.224 e. The van der Waals surface area contributed by atoms with Crippen LogP contribution in [0.5, 0.6) is 0 Å². The quantitative estimate of drug-likeness (QED) is 0.551. The van der Waals surface area contributed by atoms with Crippen molar-refractivity contribution in [1.29, 1.82) is 0 Å². The van der Waals surface area contributed by atoms with Crippen molar-refractivity contribution in [2.45, 2.75) is 13.0 Å². The molecule has 3 aromatic carbocycles. The number of amides is 1. The number of benzene rings is 3. The van der Waals surface area contributed by atoms with Crippen molar-refractivity contribution in [2.75, 3.05) is 0 Å². The van der Waals surface area contributed by atoms with Crippen LogP contribution in [0.15, 0.2) is 71.3 Å². The van der Waals surface area contributed by atoms with E-state index in [9.17, 15) is 13.6 Å². The van der Waals surface area contributed by atoms with Gasteiger partial charge in [0.1, 0.15) is 17.3 Å². The molecule has 0 spiro atoms. The summed E-state index contributed by atoms with van der Waals surface area (Å²) >= 11 is 0. The Labute approximate surface area is 159 Å². The molecule has 0 aliphatic heterocycles. The van der Waals surface area contributed by atoms with Gasteiger partial charge in [-0.05, 0) is 28.5 Å². The number of rotatable bonds is 5. The van der Waals surface area contributed by atoms with Gasteiger partial charge >= 0.3 is 0 Å². The first kappa shape index (κ1) is 17.9. The Kier molecular flexibility index (Phi) is 4.85. The third-order valence-corrected chi connectivity index (χ3v) is 4.45. The first-order chi connectivity index (χ1) is 13.6. The van der Waals surface area contributed by atoms with E-state index in [1.807, 2.05) is 42.5 Å². The molecule has 0 saturated carbocycles. The van der Waals surface area contributed by atoms with E-state index < -0.39 is 11.6 Å². The molecule has 6 heteroatoms. The Bertz CT molecular complexity index is 1150. The van der Waals surface area contributed by atoms with Crippen LogP contribution in [-0.4, -0.2) is 11.1 Å². The second-order valence-corrected chi connectivity index (χ2v) is 6.40. The second kappa shape index (κ2) is 7.60. The van der Waals surface area contributed by atoms with Crippen LogP contribution in [0.4, 0.5) is 8.78 Å². The number of carbonyl (C=O) groups excluding carboxylic acids is 1. The molecule has 0 fully saturated rings. The molecule has 4 rings (SSSR count). The maximum absolute atomic E-state index is 13.8. The van der Waals surface area contributed by atoms with E-state index in [-0.39, 0.29) is 30.2 Å². The summed E-state index contributed by atoms with van der Waals surface area (Å²) in [6.07, 6.45) is 0.235. The Balaban J connectivity index is 1.42. The van der Waals surface area contributed by atoms with Crippen molar-refractivity contribution in [1.82, 2.24) is 10.5 Å². The maximum Gasteiger partial charge on any atom is 0.224 e. The number of fused-ring (bicyclic) bond motifs is 1. The van der Waals surface area contributed by atoms with Gasteiger partial charge in [0, 0.05) is 12.1 Å². The van der Waals surface area contributed by atoms with Crippen LogP contribution < -0.4 is 5.32 Å². The van der Waals surface area contributed by atoms with Crippen LogP contribution >= 0.6 is 0 Å². The van der Waals surface area contributed by atoms with E-state index in [4.69, 9.17) is 4.52 Å². The lowest BCUT2D eigenvalue weighted by atomic mass is 10.0. The summed E-state index contributed by atoms with van der Waals surface area (Å²) in [4.78, 5) is 12.3. The fourth-order valence-corrected chi connectivity index (χ4v) is 3.08. The molecule has 0 saturated heterocycles. The van der Waals surface area contributed by atoms with Gasteiger partial charge < -0.3 is 9.84 Å². The second-order valence-electron chi connectivity index (χ2n) is 6.40. The highest BCUT2D eigenvalue weighted by molar-refractivity contribution is 5.90. The van der Waals surface area contributed by atoms with Crippen molar-refractivity contribution in [3.05, 3.63) is 89.6 Å². The Morgan fingerprint density at radius 2 is 1.82 bits per heavy atom. The number of hydrogen-bond acceptors (Lipinski definition) is 3. The molecule has 0 atom stereocenters. The maximum atomic E-state index is 13.8. The molecule has 0 bridgehead atoms. The largest absolute Gasteiger partial charge is 0.356 e. The average molecular weight is 378 g/mol. The molecule has 0 aliphatic carbocycles. The van der Waals surface area contributed by atoms with Gasteiger partial charge in [-0.1, -0.05) is 47.6 Å². The fraction of sp³-hybridized carbons (Fsp3) is 0.0909. The Morgan fingerprint density at radius 3 is 2.68 bits per heavy atom. The lowest BCUT2D eigenvalue weighted by molar-refractivity contribution is -0.120. The molecule has 28 heavy (non-hydrogen) atoms. The zero-order valence-electron chi connectivity index (χ0n) is 14.8. The minimum absolute atomic E-state index is 0.113. The normalized spacial score (nSPS) is 10.9. The van der Waals surface area contributed by atoms with E-state index in [2.05, 4.69) is 10.5 Å². The van der Waals surface area contributed by atoms with Gasteiger partial charge in [0.2, 0.25) is 5.91 Å². The molecule has 0 aliphatic rings. The van der Waals surface area contributed by atoms with Gasteiger partial charge in [-0.25, -0.2) is 8.78 Å². The molecular weight excluding hydrogens is 362 g/mol. The lowest BCUT2D eigenvalue weighted by Crippen LogP contribution is -2.24. The van der Waals surface area contributed by atoms with Gasteiger partial charge in [-0.15, -0.1) is 0 Å². The Morgan fingerprint density at radius 1 is 1.00 bits per heavy atom. The van der Waals surface area contributed by atoms with Crippen molar-refractivity contribution >= 4 is 16.7 Å². The predicted molar refractivity (Wildman–Crippen MR) is 101 cm³/mol. The monoisotopic (exact) mass is 378 g/mol. The highest BCUT2D eigenvalue weighted by atomic mass is 19.1. The van der Waals surface area contributed by atoms with Crippen molar-refractivity contribution in [3.8, 4) is 11.3 Å². The molecule has 4 aromatic rings. The predicted octanol–water partition coefficient (Wildman–Crippen LogP) is 4.63. The van der Waals surface area contributed by atoms with Crippen LogP contribution in [0.2, 0.25) is 0 Å². The number of nitrogens with zero attached hydrogens (tertiary/aromatic N) is 1. The van der Waals surface area contributed by atoms with E-state index in [0.29, 0.717) is 5.69 Å². The van der Waals surface area contributed by atoms with Crippen LogP contribution in [0, 0.1) is 11.6 Å². The van der Waals surface area contributed by atoms with Crippen LogP contribution in [0.25, 0.3) is 22.1 Å². The molecule has 1 heterocycles. The van der Waals surface area contributed by atoms with Gasteiger partial charge in [-0.3, -0.25) is 4.79 Å². The van der Waals surface area contributed by atoms with Crippen molar-refractivity contribution < 1.29 is 18.1 Å². The summed E-state index contributed by atoms with van der Waals surface area (Å²) in [6.45, 7) is 0.149. The third kappa shape index (κ3) is 3.76. The van der Waals surface area contributed by atoms with Crippen LogP contribution in [-0.2, 0) is 17.8 Å². The van der Waals surface area contributed by atoms with Crippen molar-refractivity contribution in [2.24, 2.45) is 0 Å². The van der Waals surface area contributed by atoms with Gasteiger partial charge in [0.25, 0.3) is 0 Å². The first-order valence-corrected chi connectivity index (χ1v) is 8.74. The average Bonchev–Trinajstić information content (AvgIpc) is 3.15. The van der Waals surface area contributed by atoms with E-state index in [1.54, 1.807) is 0 Å². The number of carbonyl (C=O) groups is 1. The minimum atomic E-state index is -0.734. The number of hydrogen-bond donors (Lipinski definition) is 1. The highest BCUT2D eigenvalue weighted by Gasteiger charge is 2.13. The van der Waals surface area contributed by atoms with Gasteiger partial charge in [0.05, 0.1) is 18.5 Å². The summed E-state index contributed by atoms with van der Waals surface area (Å²) in [5.74, 6) is -1.38. The van der Waals surface area contributed by atoms with E-state index in [1.165, 1.54) is 12.1 Å². The first-order valence-electron chi connectivity index (χ1n) is 8.74. The van der Waals surface area contributed by atoms with Crippen molar-refractivity contribution in [3.63, 3.8) is 0 Å². The van der Waals surface area contributed by atoms with Crippen LogP contribution in [0.1, 0.15) is 11.3 Å². The Hall–Kier alpha value is -3.54. The number of aromatic nitrogens is 1. The molecule has 140 valence electrons. The van der Waals surface area contributed by atoms with Crippen LogP contribution in [0.3, 0.4) is 0 Å². The van der Waals surface area contributed by atoms with E-state index in [0.717, 1.165) is 28.5 Å². The molecule has 0 unspecified atom stereocenters. The molecule has 4 nitrogen and oxygen atoms in total. The summed E-state index contributed by atoms with van der Waals surface area (Å²) in [5.41, 5.74) is 1.50. The zero-order chi connectivity index (χ0) is 19.5. The summed E-state index contributed by atoms with van der Waals surface area (Å²) in [6, 6.07) is 18.5. The zero-order valence-corrected chi connectivity index (χ0v) is 14.8. The molecule has 1 aromatic heterocycles. The summed E-state index contributed by atoms with van der Waals surface area (Å²) in [5, 5.41) is 8.74.